The highest BCUT2D eigenvalue weighted by molar-refractivity contribution is 5.48. The zero-order valence-corrected chi connectivity index (χ0v) is 11.2. The van der Waals surface area contributed by atoms with Crippen LogP contribution in [0.15, 0.2) is 24.3 Å². The molecular weight excluding hydrogens is 228 g/mol. The molecule has 1 N–H and O–H groups in total. The van der Waals surface area contributed by atoms with E-state index in [1.54, 1.807) is 7.11 Å². The van der Waals surface area contributed by atoms with E-state index >= 15 is 0 Å². The van der Waals surface area contributed by atoms with Gasteiger partial charge in [-0.3, -0.25) is 4.90 Å². The second-order valence-corrected chi connectivity index (χ2v) is 4.50. The molecule has 0 aromatic heterocycles. The highest BCUT2D eigenvalue weighted by atomic mass is 16.5. The summed E-state index contributed by atoms with van der Waals surface area (Å²) in [5.41, 5.74) is 1.08. The molecule has 1 unspecified atom stereocenters. The number of nitrogens with zero attached hydrogens (tertiary/aromatic N) is 1. The number of hydrogen-bond acceptors (Lipinski definition) is 4. The number of ether oxygens (including phenoxy) is 2. The van der Waals surface area contributed by atoms with E-state index in [0.717, 1.165) is 44.2 Å². The third kappa shape index (κ3) is 3.62. The van der Waals surface area contributed by atoms with Crippen molar-refractivity contribution in [1.29, 1.82) is 0 Å². The van der Waals surface area contributed by atoms with Crippen LogP contribution in [0.4, 0.5) is 5.69 Å². The van der Waals surface area contributed by atoms with Crippen molar-refractivity contribution in [3.8, 4) is 5.75 Å². The van der Waals surface area contributed by atoms with Crippen molar-refractivity contribution in [2.75, 3.05) is 45.2 Å². The molecule has 0 bridgehead atoms. The van der Waals surface area contributed by atoms with Crippen LogP contribution < -0.4 is 10.1 Å². The minimum Gasteiger partial charge on any atom is -0.497 e. The fraction of sp³-hybridized carbons (Fsp3) is 0.571. The fourth-order valence-corrected chi connectivity index (χ4v) is 2.16. The van der Waals surface area contributed by atoms with Crippen LogP contribution >= 0.6 is 0 Å². The molecule has 1 aliphatic heterocycles. The first-order chi connectivity index (χ1) is 8.81. The first-order valence-electron chi connectivity index (χ1n) is 6.53. The quantitative estimate of drug-likeness (QED) is 0.864. The van der Waals surface area contributed by atoms with E-state index < -0.39 is 0 Å². The molecule has 18 heavy (non-hydrogen) atoms. The van der Waals surface area contributed by atoms with Crippen LogP contribution in [0.1, 0.15) is 6.92 Å². The summed E-state index contributed by atoms with van der Waals surface area (Å²) in [5, 5.41) is 3.40. The molecule has 1 aromatic carbocycles. The van der Waals surface area contributed by atoms with Gasteiger partial charge in [0.2, 0.25) is 0 Å². The molecule has 0 aliphatic carbocycles. The van der Waals surface area contributed by atoms with E-state index in [-0.39, 0.29) is 6.10 Å². The zero-order chi connectivity index (χ0) is 12.8. The average molecular weight is 250 g/mol. The van der Waals surface area contributed by atoms with Gasteiger partial charge in [0.05, 0.1) is 19.8 Å². The van der Waals surface area contributed by atoms with Gasteiger partial charge in [-0.1, -0.05) is 13.0 Å². The van der Waals surface area contributed by atoms with Crippen LogP contribution in [0.25, 0.3) is 0 Å². The SMILES string of the molecule is CCN1CCOC(CNc2cccc(OC)c2)C1. The molecule has 0 radical (unpaired) electrons. The Bertz CT molecular complexity index is 371. The lowest BCUT2D eigenvalue weighted by molar-refractivity contribution is -0.0191. The van der Waals surface area contributed by atoms with E-state index in [9.17, 15) is 0 Å². The van der Waals surface area contributed by atoms with Crippen LogP contribution in [-0.4, -0.2) is 50.9 Å². The number of nitrogens with one attached hydrogen (secondary N) is 1. The summed E-state index contributed by atoms with van der Waals surface area (Å²) in [6.07, 6.45) is 0.268. The monoisotopic (exact) mass is 250 g/mol. The normalized spacial score (nSPS) is 20.7. The van der Waals surface area contributed by atoms with Gasteiger partial charge in [0.25, 0.3) is 0 Å². The molecule has 1 atom stereocenters. The van der Waals surface area contributed by atoms with Gasteiger partial charge in [0, 0.05) is 31.4 Å². The van der Waals surface area contributed by atoms with Crippen molar-refractivity contribution >= 4 is 5.69 Å². The number of rotatable bonds is 5. The summed E-state index contributed by atoms with van der Waals surface area (Å²) >= 11 is 0. The molecule has 100 valence electrons. The molecule has 1 aromatic rings. The van der Waals surface area contributed by atoms with E-state index in [4.69, 9.17) is 9.47 Å². The zero-order valence-electron chi connectivity index (χ0n) is 11.2. The number of anilines is 1. The maximum Gasteiger partial charge on any atom is 0.120 e. The maximum atomic E-state index is 5.75. The van der Waals surface area contributed by atoms with Crippen LogP contribution in [0.2, 0.25) is 0 Å². The topological polar surface area (TPSA) is 33.7 Å². The Morgan fingerprint density at radius 2 is 2.39 bits per heavy atom. The Labute approximate surface area is 109 Å². The molecule has 0 amide bonds. The lowest BCUT2D eigenvalue weighted by atomic mass is 10.2. The largest absolute Gasteiger partial charge is 0.497 e. The van der Waals surface area contributed by atoms with Gasteiger partial charge in [0.15, 0.2) is 0 Å². The van der Waals surface area contributed by atoms with Crippen LogP contribution in [-0.2, 0) is 4.74 Å². The van der Waals surface area contributed by atoms with Gasteiger partial charge in [-0.2, -0.15) is 0 Å². The van der Waals surface area contributed by atoms with Crippen molar-refractivity contribution in [2.45, 2.75) is 13.0 Å². The van der Waals surface area contributed by atoms with Crippen LogP contribution in [0.3, 0.4) is 0 Å². The Hall–Kier alpha value is -1.26. The number of hydrogen-bond donors (Lipinski definition) is 1. The summed E-state index contributed by atoms with van der Waals surface area (Å²) in [7, 11) is 1.68. The highest BCUT2D eigenvalue weighted by Gasteiger charge is 2.18. The van der Waals surface area contributed by atoms with Crippen LogP contribution in [0.5, 0.6) is 5.75 Å². The lowest BCUT2D eigenvalue weighted by Crippen LogP contribution is -2.45. The molecule has 0 saturated carbocycles. The van der Waals surface area contributed by atoms with Crippen molar-refractivity contribution in [3.63, 3.8) is 0 Å². The van der Waals surface area contributed by atoms with Gasteiger partial charge in [0.1, 0.15) is 5.75 Å². The standard InChI is InChI=1S/C14H22N2O2/c1-3-16-7-8-18-14(11-16)10-15-12-5-4-6-13(9-12)17-2/h4-6,9,14-15H,3,7-8,10-11H2,1-2H3. The molecule has 2 rings (SSSR count). The first kappa shape index (κ1) is 13.2. The molecule has 1 aliphatic rings. The van der Waals surface area contributed by atoms with Gasteiger partial charge in [-0.25, -0.2) is 0 Å². The highest BCUT2D eigenvalue weighted by Crippen LogP contribution is 2.17. The summed E-state index contributed by atoms with van der Waals surface area (Å²) in [5.74, 6) is 0.875. The lowest BCUT2D eigenvalue weighted by Gasteiger charge is -2.32. The summed E-state index contributed by atoms with van der Waals surface area (Å²) in [6.45, 7) is 7.01. The minimum atomic E-state index is 0.268. The fourth-order valence-electron chi connectivity index (χ4n) is 2.16. The van der Waals surface area contributed by atoms with Gasteiger partial charge < -0.3 is 14.8 Å². The molecule has 0 spiro atoms. The molecule has 1 saturated heterocycles. The van der Waals surface area contributed by atoms with Crippen molar-refractivity contribution in [1.82, 2.24) is 4.90 Å². The second-order valence-electron chi connectivity index (χ2n) is 4.50. The summed E-state index contributed by atoms with van der Waals surface area (Å²) in [6, 6.07) is 7.98. The summed E-state index contributed by atoms with van der Waals surface area (Å²) < 4.78 is 11.0. The van der Waals surface area contributed by atoms with Gasteiger partial charge in [-0.15, -0.1) is 0 Å². The average Bonchev–Trinajstić information content (AvgIpc) is 2.45. The van der Waals surface area contributed by atoms with Gasteiger partial charge >= 0.3 is 0 Å². The second kappa shape index (κ2) is 6.61. The van der Waals surface area contributed by atoms with Gasteiger partial charge in [-0.05, 0) is 18.7 Å². The predicted molar refractivity (Wildman–Crippen MR) is 73.3 cm³/mol. The predicted octanol–water partition coefficient (Wildman–Crippen LogP) is 1.83. The first-order valence-corrected chi connectivity index (χ1v) is 6.53. The van der Waals surface area contributed by atoms with E-state index in [0.29, 0.717) is 0 Å². The molecule has 1 heterocycles. The Morgan fingerprint density at radius 1 is 1.50 bits per heavy atom. The van der Waals surface area contributed by atoms with Crippen molar-refractivity contribution in [2.24, 2.45) is 0 Å². The van der Waals surface area contributed by atoms with E-state index in [1.165, 1.54) is 0 Å². The minimum absolute atomic E-state index is 0.268. The maximum absolute atomic E-state index is 5.75. The Kier molecular flexibility index (Phi) is 4.84. The van der Waals surface area contributed by atoms with E-state index in [2.05, 4.69) is 17.1 Å². The number of likely N-dealkylation sites (N-methyl/N-ethyl adjacent to an activating group) is 1. The summed E-state index contributed by atoms with van der Waals surface area (Å²) in [4.78, 5) is 2.42. The molecule has 4 nitrogen and oxygen atoms in total. The van der Waals surface area contributed by atoms with Crippen LogP contribution in [0, 0.1) is 0 Å². The number of morpholine rings is 1. The number of methoxy groups -OCH3 is 1. The molecule has 4 heteroatoms. The van der Waals surface area contributed by atoms with Crippen molar-refractivity contribution < 1.29 is 9.47 Å². The number of benzene rings is 1. The van der Waals surface area contributed by atoms with E-state index in [1.807, 2.05) is 24.3 Å². The molecule has 1 fully saturated rings. The Morgan fingerprint density at radius 3 is 3.17 bits per heavy atom. The Balaban J connectivity index is 1.83. The third-order valence-corrected chi connectivity index (χ3v) is 3.27. The third-order valence-electron chi connectivity index (χ3n) is 3.27. The van der Waals surface area contributed by atoms with Crippen molar-refractivity contribution in [3.05, 3.63) is 24.3 Å². The smallest absolute Gasteiger partial charge is 0.120 e. The molecular formula is C14H22N2O2.